The Balaban J connectivity index is 1.85. The predicted octanol–water partition coefficient (Wildman–Crippen LogP) is 3.61. The first kappa shape index (κ1) is 18.1. The van der Waals surface area contributed by atoms with Gasteiger partial charge in [0.1, 0.15) is 12.4 Å². The third kappa shape index (κ3) is 5.13. The van der Waals surface area contributed by atoms with E-state index in [1.54, 1.807) is 25.3 Å². The molecule has 2 rings (SSSR count). The van der Waals surface area contributed by atoms with Gasteiger partial charge in [0, 0.05) is 5.02 Å². The Labute approximate surface area is 145 Å². The van der Waals surface area contributed by atoms with E-state index in [-0.39, 0.29) is 25.0 Å². The lowest BCUT2D eigenvalue weighted by Crippen LogP contribution is -2.37. The van der Waals surface area contributed by atoms with Crippen LogP contribution in [-0.2, 0) is 11.2 Å². The molecule has 2 aromatic carbocycles. The first-order valence-corrected chi connectivity index (χ1v) is 7.86. The van der Waals surface area contributed by atoms with Crippen molar-refractivity contribution >= 4 is 17.5 Å². The van der Waals surface area contributed by atoms with Crippen LogP contribution in [0.15, 0.2) is 42.5 Å². The number of methoxy groups -OCH3 is 1. The Morgan fingerprint density at radius 1 is 1.25 bits per heavy atom. The number of benzene rings is 2. The largest absolute Gasteiger partial charge is 0.493 e. The van der Waals surface area contributed by atoms with E-state index in [1.165, 1.54) is 12.1 Å². The lowest BCUT2D eigenvalue weighted by molar-refractivity contribution is -0.121. The number of hydrogen-bond donors (Lipinski definition) is 1. The van der Waals surface area contributed by atoms with Gasteiger partial charge >= 0.3 is 0 Å². The van der Waals surface area contributed by atoms with Gasteiger partial charge in [0.15, 0.2) is 11.5 Å². The van der Waals surface area contributed by atoms with Crippen LogP contribution in [0.1, 0.15) is 12.5 Å². The molecule has 0 aliphatic rings. The Morgan fingerprint density at radius 3 is 2.62 bits per heavy atom. The molecule has 6 heteroatoms. The highest BCUT2D eigenvalue weighted by molar-refractivity contribution is 6.30. The molecule has 0 bridgehead atoms. The zero-order valence-electron chi connectivity index (χ0n) is 13.5. The number of ether oxygens (including phenoxy) is 2. The fourth-order valence-corrected chi connectivity index (χ4v) is 2.32. The first-order chi connectivity index (χ1) is 11.5. The molecule has 0 saturated carbocycles. The summed E-state index contributed by atoms with van der Waals surface area (Å²) in [6.07, 6.45) is -0.0536. The van der Waals surface area contributed by atoms with E-state index in [4.69, 9.17) is 21.1 Å². The average Bonchev–Trinajstić information content (AvgIpc) is 2.55. The summed E-state index contributed by atoms with van der Waals surface area (Å²) < 4.78 is 24.5. The van der Waals surface area contributed by atoms with E-state index in [0.717, 1.165) is 0 Å². The van der Waals surface area contributed by atoms with Gasteiger partial charge in [-0.25, -0.2) is 4.39 Å². The van der Waals surface area contributed by atoms with Crippen LogP contribution in [0.3, 0.4) is 0 Å². The van der Waals surface area contributed by atoms with Crippen LogP contribution < -0.4 is 14.8 Å². The van der Waals surface area contributed by atoms with Crippen LogP contribution in [0.2, 0.25) is 5.02 Å². The Morgan fingerprint density at radius 2 is 1.96 bits per heavy atom. The normalized spacial score (nSPS) is 11.7. The number of amides is 1. The molecule has 1 N–H and O–H groups in total. The number of para-hydroxylation sites is 2. The summed E-state index contributed by atoms with van der Waals surface area (Å²) in [5.74, 6) is 0.451. The van der Waals surface area contributed by atoms with Crippen molar-refractivity contribution in [2.45, 2.75) is 19.4 Å². The first-order valence-electron chi connectivity index (χ1n) is 7.48. The van der Waals surface area contributed by atoms with Crippen molar-refractivity contribution < 1.29 is 18.7 Å². The minimum Gasteiger partial charge on any atom is -0.493 e. The van der Waals surface area contributed by atoms with E-state index in [0.29, 0.717) is 22.1 Å². The summed E-state index contributed by atoms with van der Waals surface area (Å²) in [4.78, 5) is 12.0. The maximum absolute atomic E-state index is 13.7. The molecule has 0 fully saturated rings. The van der Waals surface area contributed by atoms with E-state index < -0.39 is 5.82 Å². The van der Waals surface area contributed by atoms with Gasteiger partial charge in [-0.15, -0.1) is 0 Å². The predicted molar refractivity (Wildman–Crippen MR) is 91.2 cm³/mol. The number of carbonyl (C=O) groups excluding carboxylic acids is 1. The Kier molecular flexibility index (Phi) is 6.44. The van der Waals surface area contributed by atoms with Gasteiger partial charge in [-0.05, 0) is 36.8 Å². The quantitative estimate of drug-likeness (QED) is 0.829. The molecule has 0 heterocycles. The average molecular weight is 352 g/mol. The highest BCUT2D eigenvalue weighted by Gasteiger charge is 2.12. The van der Waals surface area contributed by atoms with Gasteiger partial charge in [-0.2, -0.15) is 0 Å². The van der Waals surface area contributed by atoms with Gasteiger partial charge in [0.2, 0.25) is 5.91 Å². The molecular formula is C18H19ClFNO3. The van der Waals surface area contributed by atoms with Gasteiger partial charge in [0.05, 0.1) is 19.6 Å². The van der Waals surface area contributed by atoms with E-state index in [9.17, 15) is 9.18 Å². The molecule has 4 nitrogen and oxygen atoms in total. The minimum atomic E-state index is -0.490. The number of halogens is 2. The molecule has 128 valence electrons. The second kappa shape index (κ2) is 8.55. The molecule has 0 unspecified atom stereocenters. The number of carbonyl (C=O) groups is 1. The van der Waals surface area contributed by atoms with Crippen LogP contribution in [0.4, 0.5) is 4.39 Å². The summed E-state index contributed by atoms with van der Waals surface area (Å²) in [5, 5.41) is 3.07. The van der Waals surface area contributed by atoms with Crippen LogP contribution in [0.5, 0.6) is 11.5 Å². The third-order valence-electron chi connectivity index (χ3n) is 3.33. The van der Waals surface area contributed by atoms with Gasteiger partial charge in [-0.3, -0.25) is 4.79 Å². The maximum Gasteiger partial charge on any atom is 0.224 e. The van der Waals surface area contributed by atoms with Crippen molar-refractivity contribution in [3.05, 3.63) is 58.9 Å². The van der Waals surface area contributed by atoms with E-state index >= 15 is 0 Å². The van der Waals surface area contributed by atoms with Crippen molar-refractivity contribution in [3.63, 3.8) is 0 Å². The molecule has 1 atom stereocenters. The van der Waals surface area contributed by atoms with E-state index in [1.807, 2.05) is 19.1 Å². The zero-order chi connectivity index (χ0) is 17.5. The zero-order valence-corrected chi connectivity index (χ0v) is 14.3. The second-order valence-electron chi connectivity index (χ2n) is 5.34. The third-order valence-corrected chi connectivity index (χ3v) is 3.57. The van der Waals surface area contributed by atoms with Crippen LogP contribution in [0.25, 0.3) is 0 Å². The smallest absolute Gasteiger partial charge is 0.224 e. The molecule has 0 aliphatic carbocycles. The van der Waals surface area contributed by atoms with Crippen molar-refractivity contribution in [3.8, 4) is 11.5 Å². The standard InChI is InChI=1S/C18H19ClFNO3/c1-12(11-24-17-6-4-3-5-16(17)23-2)21-18(22)9-13-7-8-14(19)10-15(13)20/h3-8,10,12H,9,11H2,1-2H3,(H,21,22)/t12-/m1/s1. The fourth-order valence-electron chi connectivity index (χ4n) is 2.16. The SMILES string of the molecule is COc1ccccc1OC[C@@H](C)NC(=O)Cc1ccc(Cl)cc1F. The number of hydrogen-bond acceptors (Lipinski definition) is 3. The van der Waals surface area contributed by atoms with E-state index in [2.05, 4.69) is 5.32 Å². The lowest BCUT2D eigenvalue weighted by atomic mass is 10.1. The highest BCUT2D eigenvalue weighted by Crippen LogP contribution is 2.25. The molecule has 1 amide bonds. The Bertz CT molecular complexity index is 708. The van der Waals surface area contributed by atoms with Crippen LogP contribution in [-0.4, -0.2) is 25.7 Å². The molecule has 24 heavy (non-hydrogen) atoms. The maximum atomic E-state index is 13.7. The Hall–Kier alpha value is -2.27. The van der Waals surface area contributed by atoms with Crippen LogP contribution in [0, 0.1) is 5.82 Å². The number of rotatable bonds is 7. The molecule has 2 aromatic rings. The van der Waals surface area contributed by atoms with Crippen LogP contribution >= 0.6 is 11.6 Å². The molecule has 0 aliphatic heterocycles. The van der Waals surface area contributed by atoms with Gasteiger partial charge in [-0.1, -0.05) is 29.8 Å². The molecule has 0 aromatic heterocycles. The van der Waals surface area contributed by atoms with Gasteiger partial charge < -0.3 is 14.8 Å². The fraction of sp³-hybridized carbons (Fsp3) is 0.278. The monoisotopic (exact) mass is 351 g/mol. The number of nitrogens with one attached hydrogen (secondary N) is 1. The second-order valence-corrected chi connectivity index (χ2v) is 5.78. The summed E-state index contributed by atoms with van der Waals surface area (Å²) in [6, 6.07) is 11.3. The topological polar surface area (TPSA) is 47.6 Å². The molecule has 0 saturated heterocycles. The van der Waals surface area contributed by atoms with Crippen molar-refractivity contribution in [2.24, 2.45) is 0 Å². The lowest BCUT2D eigenvalue weighted by Gasteiger charge is -2.16. The molecular weight excluding hydrogens is 333 g/mol. The van der Waals surface area contributed by atoms with Crippen molar-refractivity contribution in [1.29, 1.82) is 0 Å². The van der Waals surface area contributed by atoms with Crippen molar-refractivity contribution in [2.75, 3.05) is 13.7 Å². The summed E-state index contributed by atoms with van der Waals surface area (Å²) in [5.41, 5.74) is 0.301. The van der Waals surface area contributed by atoms with Gasteiger partial charge in [0.25, 0.3) is 0 Å². The summed E-state index contributed by atoms with van der Waals surface area (Å²) in [7, 11) is 1.56. The summed E-state index contributed by atoms with van der Waals surface area (Å²) in [6.45, 7) is 2.08. The summed E-state index contributed by atoms with van der Waals surface area (Å²) >= 11 is 5.69. The highest BCUT2D eigenvalue weighted by atomic mass is 35.5. The minimum absolute atomic E-state index is 0.0536. The molecule has 0 spiro atoms. The molecule has 0 radical (unpaired) electrons. The van der Waals surface area contributed by atoms with Crippen molar-refractivity contribution in [1.82, 2.24) is 5.32 Å².